The Labute approximate surface area is 88.8 Å². The normalized spacial score (nSPS) is 32.2. The molecule has 1 aliphatic heterocycles. The maximum atomic E-state index is 5.06. The van der Waals surface area contributed by atoms with Crippen LogP contribution in [0.3, 0.4) is 0 Å². The minimum Gasteiger partial charge on any atom is -0.383 e. The van der Waals surface area contributed by atoms with Gasteiger partial charge in [0.2, 0.25) is 0 Å². The Morgan fingerprint density at radius 3 is 2.92 bits per heavy atom. The SMILES string of the molecule is COCCN1CCC(I)C(C)C1. The van der Waals surface area contributed by atoms with Gasteiger partial charge in [-0.2, -0.15) is 0 Å². The fourth-order valence-electron chi connectivity index (χ4n) is 1.63. The molecule has 12 heavy (non-hydrogen) atoms. The predicted molar refractivity (Wildman–Crippen MR) is 59.9 cm³/mol. The quantitative estimate of drug-likeness (QED) is 0.578. The summed E-state index contributed by atoms with van der Waals surface area (Å²) in [5, 5.41) is 0. The van der Waals surface area contributed by atoms with E-state index in [1.165, 1.54) is 19.5 Å². The van der Waals surface area contributed by atoms with Gasteiger partial charge in [0.05, 0.1) is 6.61 Å². The van der Waals surface area contributed by atoms with Gasteiger partial charge in [-0.15, -0.1) is 0 Å². The van der Waals surface area contributed by atoms with Gasteiger partial charge >= 0.3 is 0 Å². The molecule has 0 bridgehead atoms. The van der Waals surface area contributed by atoms with Crippen LogP contribution >= 0.6 is 22.6 Å². The third-order valence-electron chi connectivity index (χ3n) is 2.50. The highest BCUT2D eigenvalue weighted by molar-refractivity contribution is 14.1. The van der Waals surface area contributed by atoms with Crippen molar-refractivity contribution in [3.63, 3.8) is 0 Å². The van der Waals surface area contributed by atoms with Crippen LogP contribution in [0.1, 0.15) is 13.3 Å². The number of piperidine rings is 1. The summed E-state index contributed by atoms with van der Waals surface area (Å²) in [7, 11) is 1.77. The smallest absolute Gasteiger partial charge is 0.0589 e. The molecular formula is C9H18INO. The first-order valence-corrected chi connectivity index (χ1v) is 5.84. The summed E-state index contributed by atoms with van der Waals surface area (Å²) in [4.78, 5) is 2.50. The summed E-state index contributed by atoms with van der Waals surface area (Å²) in [5.41, 5.74) is 0. The predicted octanol–water partition coefficient (Wildman–Crippen LogP) is 1.78. The molecule has 0 aromatic rings. The molecule has 0 saturated carbocycles. The summed E-state index contributed by atoms with van der Waals surface area (Å²) in [6.45, 7) is 6.82. The van der Waals surface area contributed by atoms with Crippen molar-refractivity contribution in [2.45, 2.75) is 17.3 Å². The topological polar surface area (TPSA) is 12.5 Å². The van der Waals surface area contributed by atoms with Gasteiger partial charge < -0.3 is 9.64 Å². The minimum atomic E-state index is 0.844. The highest BCUT2D eigenvalue weighted by Crippen LogP contribution is 2.23. The zero-order chi connectivity index (χ0) is 8.97. The Bertz CT molecular complexity index is 130. The average Bonchev–Trinajstić information content (AvgIpc) is 2.07. The van der Waals surface area contributed by atoms with Gasteiger partial charge in [-0.3, -0.25) is 0 Å². The Balaban J connectivity index is 2.21. The van der Waals surface area contributed by atoms with Crippen molar-refractivity contribution in [3.8, 4) is 0 Å². The lowest BCUT2D eigenvalue weighted by molar-refractivity contribution is 0.122. The van der Waals surface area contributed by atoms with E-state index in [0.29, 0.717) is 0 Å². The van der Waals surface area contributed by atoms with E-state index in [9.17, 15) is 0 Å². The van der Waals surface area contributed by atoms with E-state index in [0.717, 1.165) is 23.0 Å². The molecule has 0 aromatic carbocycles. The number of alkyl halides is 1. The molecule has 3 heteroatoms. The first-order chi connectivity index (χ1) is 5.74. The number of nitrogens with zero attached hydrogens (tertiary/aromatic N) is 1. The fourth-order valence-corrected chi connectivity index (χ4v) is 2.13. The largest absolute Gasteiger partial charge is 0.383 e. The highest BCUT2D eigenvalue weighted by Gasteiger charge is 2.22. The lowest BCUT2D eigenvalue weighted by Crippen LogP contribution is -2.41. The minimum absolute atomic E-state index is 0.844. The van der Waals surface area contributed by atoms with Crippen molar-refractivity contribution in [2.24, 2.45) is 5.92 Å². The molecule has 2 nitrogen and oxygen atoms in total. The zero-order valence-corrected chi connectivity index (χ0v) is 10.1. The van der Waals surface area contributed by atoms with Crippen molar-refractivity contribution in [1.29, 1.82) is 0 Å². The molecule has 0 aromatic heterocycles. The van der Waals surface area contributed by atoms with E-state index in [2.05, 4.69) is 34.4 Å². The van der Waals surface area contributed by atoms with Crippen LogP contribution < -0.4 is 0 Å². The third-order valence-corrected chi connectivity index (χ3v) is 4.35. The molecule has 1 rings (SSSR count). The second-order valence-electron chi connectivity index (χ2n) is 3.58. The Morgan fingerprint density at radius 2 is 2.33 bits per heavy atom. The van der Waals surface area contributed by atoms with Crippen LogP contribution in [0.2, 0.25) is 0 Å². The molecule has 1 saturated heterocycles. The maximum Gasteiger partial charge on any atom is 0.0589 e. The lowest BCUT2D eigenvalue weighted by atomic mass is 10.0. The maximum absolute atomic E-state index is 5.06. The number of ether oxygens (including phenoxy) is 1. The van der Waals surface area contributed by atoms with Gasteiger partial charge in [0.1, 0.15) is 0 Å². The second-order valence-corrected chi connectivity index (χ2v) is 5.18. The van der Waals surface area contributed by atoms with Crippen molar-refractivity contribution < 1.29 is 4.74 Å². The van der Waals surface area contributed by atoms with Gasteiger partial charge in [-0.05, 0) is 18.9 Å². The zero-order valence-electron chi connectivity index (χ0n) is 7.92. The first kappa shape index (κ1) is 10.7. The van der Waals surface area contributed by atoms with Crippen LogP contribution in [0.5, 0.6) is 0 Å². The van der Waals surface area contributed by atoms with E-state index < -0.39 is 0 Å². The number of halogens is 1. The molecule has 0 amide bonds. The summed E-state index contributed by atoms with van der Waals surface area (Å²) in [5.74, 6) is 0.844. The van der Waals surface area contributed by atoms with Crippen LogP contribution in [-0.4, -0.2) is 42.2 Å². The van der Waals surface area contributed by atoms with Crippen molar-refractivity contribution in [1.82, 2.24) is 4.90 Å². The van der Waals surface area contributed by atoms with Crippen molar-refractivity contribution >= 4 is 22.6 Å². The van der Waals surface area contributed by atoms with E-state index >= 15 is 0 Å². The number of methoxy groups -OCH3 is 1. The van der Waals surface area contributed by atoms with Crippen molar-refractivity contribution in [3.05, 3.63) is 0 Å². The number of rotatable bonds is 3. The van der Waals surface area contributed by atoms with Gasteiger partial charge in [-0.25, -0.2) is 0 Å². The lowest BCUT2D eigenvalue weighted by Gasteiger charge is -2.34. The van der Waals surface area contributed by atoms with E-state index in [1.54, 1.807) is 7.11 Å². The molecule has 1 fully saturated rings. The Morgan fingerprint density at radius 1 is 1.58 bits per heavy atom. The standard InChI is InChI=1S/C9H18INO/c1-8-7-11(5-6-12-2)4-3-9(8)10/h8-9H,3-7H2,1-2H3. The van der Waals surface area contributed by atoms with Crippen LogP contribution in [0.15, 0.2) is 0 Å². The molecule has 1 aliphatic rings. The van der Waals surface area contributed by atoms with E-state index in [4.69, 9.17) is 4.74 Å². The molecule has 2 atom stereocenters. The van der Waals surface area contributed by atoms with Gasteiger partial charge in [0.25, 0.3) is 0 Å². The van der Waals surface area contributed by atoms with Crippen LogP contribution in [-0.2, 0) is 4.74 Å². The summed E-state index contributed by atoms with van der Waals surface area (Å²) < 4.78 is 5.94. The number of hydrogen-bond donors (Lipinski definition) is 0. The first-order valence-electron chi connectivity index (χ1n) is 4.59. The van der Waals surface area contributed by atoms with Crippen LogP contribution in [0.4, 0.5) is 0 Å². The van der Waals surface area contributed by atoms with Crippen LogP contribution in [0, 0.1) is 5.92 Å². The number of likely N-dealkylation sites (tertiary alicyclic amines) is 1. The molecule has 1 heterocycles. The molecule has 0 N–H and O–H groups in total. The second kappa shape index (κ2) is 5.40. The monoisotopic (exact) mass is 283 g/mol. The van der Waals surface area contributed by atoms with Crippen molar-refractivity contribution in [2.75, 3.05) is 33.4 Å². The van der Waals surface area contributed by atoms with Gasteiger partial charge in [0, 0.05) is 24.1 Å². The van der Waals surface area contributed by atoms with Crippen LogP contribution in [0.25, 0.3) is 0 Å². The average molecular weight is 283 g/mol. The summed E-state index contributed by atoms with van der Waals surface area (Å²) in [6.07, 6.45) is 1.34. The molecular weight excluding hydrogens is 265 g/mol. The number of hydrogen-bond acceptors (Lipinski definition) is 2. The summed E-state index contributed by atoms with van der Waals surface area (Å²) in [6, 6.07) is 0. The Hall–Kier alpha value is 0.650. The van der Waals surface area contributed by atoms with E-state index in [-0.39, 0.29) is 0 Å². The molecule has 0 aliphatic carbocycles. The fraction of sp³-hybridized carbons (Fsp3) is 1.00. The highest BCUT2D eigenvalue weighted by atomic mass is 127. The third kappa shape index (κ3) is 3.18. The molecule has 0 radical (unpaired) electrons. The van der Waals surface area contributed by atoms with E-state index in [1.807, 2.05) is 0 Å². The molecule has 0 spiro atoms. The van der Waals surface area contributed by atoms with Gasteiger partial charge in [-0.1, -0.05) is 29.5 Å². The summed E-state index contributed by atoms with van der Waals surface area (Å²) >= 11 is 2.57. The Kier molecular flexibility index (Phi) is 4.82. The van der Waals surface area contributed by atoms with Gasteiger partial charge in [0.15, 0.2) is 0 Å². The molecule has 2 unspecified atom stereocenters. The molecule has 72 valence electrons.